The van der Waals surface area contributed by atoms with E-state index in [2.05, 4.69) is 46.9 Å². The Morgan fingerprint density at radius 3 is 2.59 bits per heavy atom. The lowest BCUT2D eigenvalue weighted by Crippen LogP contribution is -2.20. The van der Waals surface area contributed by atoms with Gasteiger partial charge in [-0.2, -0.15) is 5.10 Å². The van der Waals surface area contributed by atoms with Crippen molar-refractivity contribution in [2.75, 3.05) is 10.6 Å². The van der Waals surface area contributed by atoms with Crippen molar-refractivity contribution in [3.63, 3.8) is 0 Å². The smallest absolute Gasteiger partial charge is 0.175 e. The van der Waals surface area contributed by atoms with Gasteiger partial charge in [-0.05, 0) is 56.8 Å². The maximum Gasteiger partial charge on any atom is 0.175 e. The van der Waals surface area contributed by atoms with Gasteiger partial charge in [0.25, 0.3) is 0 Å². The molecule has 0 bridgehead atoms. The first-order chi connectivity index (χ1) is 12.8. The summed E-state index contributed by atoms with van der Waals surface area (Å²) < 4.78 is 1.97. The van der Waals surface area contributed by atoms with Gasteiger partial charge in [-0.25, -0.2) is 0 Å². The van der Waals surface area contributed by atoms with Crippen molar-refractivity contribution in [3.8, 4) is 0 Å². The highest BCUT2D eigenvalue weighted by Crippen LogP contribution is 2.26. The third-order valence-corrected chi connectivity index (χ3v) is 4.98. The van der Waals surface area contributed by atoms with E-state index in [0.717, 1.165) is 17.1 Å². The number of hydrogen-bond donors (Lipinski definition) is 2. The zero-order valence-electron chi connectivity index (χ0n) is 15.3. The first kappa shape index (κ1) is 19.7. The van der Waals surface area contributed by atoms with Crippen molar-refractivity contribution in [2.45, 2.75) is 27.3 Å². The third kappa shape index (κ3) is 4.80. The van der Waals surface area contributed by atoms with Crippen LogP contribution in [0, 0.1) is 20.8 Å². The van der Waals surface area contributed by atoms with E-state index in [4.69, 9.17) is 35.4 Å². The molecule has 2 aromatic carbocycles. The number of thiocarbonyl (C=S) groups is 1. The summed E-state index contributed by atoms with van der Waals surface area (Å²) in [4.78, 5) is 0. The van der Waals surface area contributed by atoms with E-state index in [9.17, 15) is 0 Å². The second-order valence-corrected chi connectivity index (χ2v) is 7.65. The normalized spacial score (nSPS) is 10.7. The van der Waals surface area contributed by atoms with E-state index in [0.29, 0.717) is 27.4 Å². The van der Waals surface area contributed by atoms with Crippen LogP contribution in [0.15, 0.2) is 42.5 Å². The molecule has 0 saturated carbocycles. The fraction of sp³-hybridized carbons (Fsp3) is 0.200. The number of nitrogens with zero attached hydrogens (tertiary/aromatic N) is 2. The Morgan fingerprint density at radius 2 is 1.85 bits per heavy atom. The number of aryl methyl sites for hydroxylation is 2. The second-order valence-electron chi connectivity index (χ2n) is 6.40. The Hall–Kier alpha value is -2.08. The van der Waals surface area contributed by atoms with Gasteiger partial charge in [0.1, 0.15) is 0 Å². The van der Waals surface area contributed by atoms with Crippen LogP contribution in [0.1, 0.15) is 22.5 Å². The summed E-state index contributed by atoms with van der Waals surface area (Å²) >= 11 is 17.6. The average molecular weight is 419 g/mol. The Balaban J connectivity index is 1.76. The van der Waals surface area contributed by atoms with Crippen LogP contribution in [0.2, 0.25) is 10.0 Å². The number of aromatic nitrogens is 2. The van der Waals surface area contributed by atoms with E-state index >= 15 is 0 Å². The summed E-state index contributed by atoms with van der Waals surface area (Å²) in [7, 11) is 0. The molecule has 140 valence electrons. The largest absolute Gasteiger partial charge is 0.331 e. The second kappa shape index (κ2) is 8.30. The molecule has 0 amide bonds. The molecule has 7 heteroatoms. The highest BCUT2D eigenvalue weighted by atomic mass is 35.5. The molecule has 0 aliphatic rings. The molecule has 0 fully saturated rings. The quantitative estimate of drug-likeness (QED) is 0.511. The van der Waals surface area contributed by atoms with Crippen LogP contribution in [0.25, 0.3) is 0 Å². The molecule has 1 aromatic heterocycles. The lowest BCUT2D eigenvalue weighted by atomic mass is 10.1. The summed E-state index contributed by atoms with van der Waals surface area (Å²) in [6.45, 7) is 6.77. The van der Waals surface area contributed by atoms with Crippen LogP contribution in [0.5, 0.6) is 0 Å². The summed E-state index contributed by atoms with van der Waals surface area (Å²) in [5.74, 6) is 0. The van der Waals surface area contributed by atoms with Gasteiger partial charge in [0.15, 0.2) is 5.11 Å². The van der Waals surface area contributed by atoms with Crippen LogP contribution >= 0.6 is 35.4 Å². The zero-order chi connectivity index (χ0) is 19.6. The summed E-state index contributed by atoms with van der Waals surface area (Å²) in [6, 6.07) is 13.6. The summed E-state index contributed by atoms with van der Waals surface area (Å²) in [5.41, 5.74) is 5.87. The van der Waals surface area contributed by atoms with Crippen molar-refractivity contribution < 1.29 is 0 Å². The summed E-state index contributed by atoms with van der Waals surface area (Å²) in [5, 5.41) is 12.5. The Labute approximate surface area is 174 Å². The zero-order valence-corrected chi connectivity index (χ0v) is 17.6. The average Bonchev–Trinajstić information content (AvgIpc) is 2.86. The highest BCUT2D eigenvalue weighted by molar-refractivity contribution is 7.80. The lowest BCUT2D eigenvalue weighted by molar-refractivity contribution is 0.659. The Morgan fingerprint density at radius 1 is 1.07 bits per heavy atom. The summed E-state index contributed by atoms with van der Waals surface area (Å²) in [6.07, 6.45) is 0. The van der Waals surface area contributed by atoms with Gasteiger partial charge in [-0.3, -0.25) is 4.68 Å². The van der Waals surface area contributed by atoms with Gasteiger partial charge in [0, 0.05) is 5.02 Å². The Bertz CT molecular complexity index is 998. The van der Waals surface area contributed by atoms with Crippen LogP contribution in [-0.4, -0.2) is 14.9 Å². The van der Waals surface area contributed by atoms with Crippen molar-refractivity contribution in [2.24, 2.45) is 0 Å². The molecule has 0 saturated heterocycles. The Kier molecular flexibility index (Phi) is 6.05. The minimum absolute atomic E-state index is 0.431. The van der Waals surface area contributed by atoms with Crippen molar-refractivity contribution >= 4 is 51.9 Å². The predicted molar refractivity (Wildman–Crippen MR) is 118 cm³/mol. The molecule has 3 aromatic rings. The van der Waals surface area contributed by atoms with E-state index in [1.807, 2.05) is 18.5 Å². The molecule has 0 unspecified atom stereocenters. The maximum atomic E-state index is 6.19. The van der Waals surface area contributed by atoms with Gasteiger partial charge >= 0.3 is 0 Å². The molecule has 1 heterocycles. The molecular weight excluding hydrogens is 399 g/mol. The number of halogens is 2. The molecule has 2 N–H and O–H groups in total. The number of hydrogen-bond acceptors (Lipinski definition) is 2. The van der Waals surface area contributed by atoms with Gasteiger partial charge in [-0.1, -0.05) is 53.0 Å². The minimum Gasteiger partial charge on any atom is -0.331 e. The highest BCUT2D eigenvalue weighted by Gasteiger charge is 2.14. The van der Waals surface area contributed by atoms with Crippen LogP contribution in [0.4, 0.5) is 11.4 Å². The van der Waals surface area contributed by atoms with E-state index in [-0.39, 0.29) is 0 Å². The van der Waals surface area contributed by atoms with Gasteiger partial charge in [0.2, 0.25) is 0 Å². The van der Waals surface area contributed by atoms with E-state index in [1.54, 1.807) is 18.2 Å². The predicted octanol–water partition coefficient (Wildman–Crippen LogP) is 5.97. The van der Waals surface area contributed by atoms with Crippen LogP contribution in [0.3, 0.4) is 0 Å². The fourth-order valence-corrected chi connectivity index (χ4v) is 3.42. The topological polar surface area (TPSA) is 41.9 Å². The number of rotatable bonds is 4. The molecule has 27 heavy (non-hydrogen) atoms. The number of benzene rings is 2. The standard InChI is InChI=1S/C20H20Cl2N4S/c1-12-5-4-6-15(9-12)11-26-14(3)19(13(2)25-26)24-20(27)23-18-10-16(21)7-8-17(18)22/h4-10H,11H2,1-3H3,(H2,23,24,27). The van der Waals surface area contributed by atoms with Crippen molar-refractivity contribution in [3.05, 3.63) is 75.0 Å². The molecule has 0 aliphatic carbocycles. The van der Waals surface area contributed by atoms with Crippen LogP contribution < -0.4 is 10.6 Å². The van der Waals surface area contributed by atoms with E-state index in [1.165, 1.54) is 11.1 Å². The fourth-order valence-electron chi connectivity index (χ4n) is 2.88. The number of nitrogens with one attached hydrogen (secondary N) is 2. The molecule has 0 atom stereocenters. The lowest BCUT2D eigenvalue weighted by Gasteiger charge is -2.12. The molecule has 4 nitrogen and oxygen atoms in total. The van der Waals surface area contributed by atoms with Gasteiger partial charge in [0.05, 0.1) is 34.3 Å². The van der Waals surface area contributed by atoms with Crippen LogP contribution in [-0.2, 0) is 6.54 Å². The number of anilines is 2. The minimum atomic E-state index is 0.431. The first-order valence-corrected chi connectivity index (χ1v) is 9.62. The van der Waals surface area contributed by atoms with E-state index < -0.39 is 0 Å². The molecule has 0 aliphatic heterocycles. The molecule has 0 spiro atoms. The maximum absolute atomic E-state index is 6.19. The van der Waals surface area contributed by atoms with Gasteiger partial charge in [-0.15, -0.1) is 0 Å². The third-order valence-electron chi connectivity index (χ3n) is 4.21. The van der Waals surface area contributed by atoms with Gasteiger partial charge < -0.3 is 10.6 Å². The SMILES string of the molecule is Cc1cccc(Cn2nc(C)c(NC(=S)Nc3cc(Cl)ccc3Cl)c2C)c1. The van der Waals surface area contributed by atoms with Crippen molar-refractivity contribution in [1.82, 2.24) is 9.78 Å². The molecule has 3 rings (SSSR count). The monoisotopic (exact) mass is 418 g/mol. The molecule has 0 radical (unpaired) electrons. The molecular formula is C20H20Cl2N4S. The van der Waals surface area contributed by atoms with Crippen molar-refractivity contribution in [1.29, 1.82) is 0 Å². The first-order valence-electron chi connectivity index (χ1n) is 8.46.